The van der Waals surface area contributed by atoms with E-state index in [1.807, 2.05) is 7.05 Å². The highest BCUT2D eigenvalue weighted by Gasteiger charge is 2.11. The summed E-state index contributed by atoms with van der Waals surface area (Å²) in [5.41, 5.74) is 3.97. The minimum absolute atomic E-state index is 0.481. The predicted octanol–water partition coefficient (Wildman–Crippen LogP) is 2.58. The summed E-state index contributed by atoms with van der Waals surface area (Å²) in [5, 5.41) is 3.20. The Hall–Kier alpha value is -1.06. The quantitative estimate of drug-likeness (QED) is 0.805. The molecule has 1 N–H and O–H groups in total. The number of anilines is 1. The van der Waals surface area contributed by atoms with Gasteiger partial charge in [0.05, 0.1) is 6.61 Å². The largest absolute Gasteiger partial charge is 0.383 e. The lowest BCUT2D eigenvalue weighted by atomic mass is 10.1. The Labute approximate surface area is 111 Å². The zero-order valence-corrected chi connectivity index (χ0v) is 12.3. The number of hydrogen-bond acceptors (Lipinski definition) is 3. The van der Waals surface area contributed by atoms with E-state index in [2.05, 4.69) is 49.2 Å². The fraction of sp³-hybridized carbons (Fsp3) is 0.600. The molecule has 0 heterocycles. The van der Waals surface area contributed by atoms with E-state index in [0.29, 0.717) is 6.04 Å². The van der Waals surface area contributed by atoms with Crippen molar-refractivity contribution in [2.24, 2.45) is 0 Å². The molecule has 102 valence electrons. The normalized spacial score (nSPS) is 11.0. The first-order chi connectivity index (χ1) is 8.60. The first-order valence-corrected chi connectivity index (χ1v) is 6.59. The van der Waals surface area contributed by atoms with Crippen molar-refractivity contribution in [1.82, 2.24) is 5.32 Å². The molecule has 0 aliphatic rings. The Morgan fingerprint density at radius 3 is 2.56 bits per heavy atom. The maximum Gasteiger partial charge on any atom is 0.0637 e. The van der Waals surface area contributed by atoms with Gasteiger partial charge >= 0.3 is 0 Å². The summed E-state index contributed by atoms with van der Waals surface area (Å²) in [4.78, 5) is 2.37. The van der Waals surface area contributed by atoms with Crippen LogP contribution in [-0.4, -0.2) is 33.4 Å². The second-order valence-electron chi connectivity index (χ2n) is 4.92. The molecule has 3 heteroatoms. The van der Waals surface area contributed by atoms with Crippen LogP contribution in [0.2, 0.25) is 0 Å². The summed E-state index contributed by atoms with van der Waals surface area (Å²) in [6.07, 6.45) is 0. The summed E-state index contributed by atoms with van der Waals surface area (Å²) >= 11 is 0. The first-order valence-electron chi connectivity index (χ1n) is 6.59. The Morgan fingerprint density at radius 2 is 2.06 bits per heavy atom. The molecule has 1 aromatic carbocycles. The van der Waals surface area contributed by atoms with E-state index in [1.54, 1.807) is 7.11 Å². The second kappa shape index (κ2) is 7.39. The molecule has 1 rings (SSSR count). The number of nitrogens with zero attached hydrogens (tertiary/aromatic N) is 1. The van der Waals surface area contributed by atoms with Gasteiger partial charge in [0.25, 0.3) is 0 Å². The van der Waals surface area contributed by atoms with Crippen LogP contribution in [-0.2, 0) is 11.3 Å². The topological polar surface area (TPSA) is 24.5 Å². The molecule has 0 atom stereocenters. The van der Waals surface area contributed by atoms with Gasteiger partial charge < -0.3 is 15.0 Å². The molecule has 0 aliphatic heterocycles. The number of benzene rings is 1. The van der Waals surface area contributed by atoms with Crippen molar-refractivity contribution >= 4 is 5.69 Å². The van der Waals surface area contributed by atoms with Crippen LogP contribution in [0.25, 0.3) is 0 Å². The molecule has 0 aliphatic carbocycles. The van der Waals surface area contributed by atoms with Crippen molar-refractivity contribution in [3.05, 3.63) is 29.3 Å². The zero-order chi connectivity index (χ0) is 13.5. The molecule has 0 aromatic heterocycles. The monoisotopic (exact) mass is 250 g/mol. The van der Waals surface area contributed by atoms with Crippen molar-refractivity contribution < 1.29 is 4.74 Å². The maximum atomic E-state index is 5.18. The van der Waals surface area contributed by atoms with Crippen LogP contribution in [0.1, 0.15) is 25.0 Å². The number of hydrogen-bond donors (Lipinski definition) is 1. The highest BCUT2D eigenvalue weighted by atomic mass is 16.5. The van der Waals surface area contributed by atoms with Gasteiger partial charge in [-0.15, -0.1) is 0 Å². The van der Waals surface area contributed by atoms with E-state index in [9.17, 15) is 0 Å². The summed E-state index contributed by atoms with van der Waals surface area (Å²) in [6.45, 7) is 9.21. The zero-order valence-electron chi connectivity index (χ0n) is 12.3. The summed E-state index contributed by atoms with van der Waals surface area (Å²) in [6, 6.07) is 7.16. The lowest BCUT2D eigenvalue weighted by molar-refractivity contribution is 0.204. The number of aryl methyl sites for hydroxylation is 1. The van der Waals surface area contributed by atoms with Gasteiger partial charge in [-0.25, -0.2) is 0 Å². The minimum Gasteiger partial charge on any atom is -0.383 e. The van der Waals surface area contributed by atoms with Gasteiger partial charge in [0.1, 0.15) is 0 Å². The van der Waals surface area contributed by atoms with Crippen LogP contribution >= 0.6 is 0 Å². The second-order valence-corrected chi connectivity index (χ2v) is 4.92. The molecule has 0 radical (unpaired) electrons. The molecule has 0 saturated carbocycles. The molecule has 0 fully saturated rings. The Kier molecular flexibility index (Phi) is 6.16. The number of methoxy groups -OCH3 is 1. The van der Waals surface area contributed by atoms with Crippen molar-refractivity contribution in [3.63, 3.8) is 0 Å². The number of rotatable bonds is 7. The van der Waals surface area contributed by atoms with E-state index in [-0.39, 0.29) is 0 Å². The predicted molar refractivity (Wildman–Crippen MR) is 78.3 cm³/mol. The van der Waals surface area contributed by atoms with E-state index in [4.69, 9.17) is 4.74 Å². The van der Waals surface area contributed by atoms with Gasteiger partial charge in [0, 0.05) is 31.9 Å². The van der Waals surface area contributed by atoms with Crippen LogP contribution in [0, 0.1) is 6.92 Å². The van der Waals surface area contributed by atoms with Gasteiger partial charge in [0.15, 0.2) is 0 Å². The van der Waals surface area contributed by atoms with Gasteiger partial charge in [-0.3, -0.25) is 0 Å². The highest BCUT2D eigenvalue weighted by Crippen LogP contribution is 2.21. The van der Waals surface area contributed by atoms with Crippen molar-refractivity contribution in [2.75, 3.05) is 32.2 Å². The highest BCUT2D eigenvalue weighted by molar-refractivity contribution is 5.51. The molecule has 3 nitrogen and oxygen atoms in total. The van der Waals surface area contributed by atoms with Crippen LogP contribution in [0.15, 0.2) is 18.2 Å². The van der Waals surface area contributed by atoms with E-state index >= 15 is 0 Å². The van der Waals surface area contributed by atoms with Crippen LogP contribution < -0.4 is 10.2 Å². The molecule has 0 amide bonds. The Balaban J connectivity index is 2.88. The van der Waals surface area contributed by atoms with Crippen molar-refractivity contribution in [3.8, 4) is 0 Å². The smallest absolute Gasteiger partial charge is 0.0637 e. The van der Waals surface area contributed by atoms with E-state index in [0.717, 1.165) is 19.7 Å². The molecular weight excluding hydrogens is 224 g/mol. The average Bonchev–Trinajstić information content (AvgIpc) is 2.32. The summed E-state index contributed by atoms with van der Waals surface area (Å²) in [5.74, 6) is 0. The molecule has 0 bridgehead atoms. The van der Waals surface area contributed by atoms with E-state index in [1.165, 1.54) is 16.8 Å². The molecule has 0 saturated heterocycles. The van der Waals surface area contributed by atoms with Crippen LogP contribution in [0.4, 0.5) is 5.69 Å². The van der Waals surface area contributed by atoms with Crippen LogP contribution in [0.5, 0.6) is 0 Å². The third-order valence-electron chi connectivity index (χ3n) is 3.18. The fourth-order valence-corrected chi connectivity index (χ4v) is 2.12. The van der Waals surface area contributed by atoms with Gasteiger partial charge in [0.2, 0.25) is 0 Å². The summed E-state index contributed by atoms with van der Waals surface area (Å²) < 4.78 is 5.18. The number of nitrogens with one attached hydrogen (secondary N) is 1. The molecule has 0 unspecified atom stereocenters. The summed E-state index contributed by atoms with van der Waals surface area (Å²) in [7, 11) is 3.73. The standard InChI is InChI=1S/C15H26N2O/c1-12(2)17(8-9-18-5)15-7-6-14(11-16-4)13(3)10-15/h6-7,10,12,16H,8-9,11H2,1-5H3. The maximum absolute atomic E-state index is 5.18. The van der Waals surface area contributed by atoms with Gasteiger partial charge in [-0.2, -0.15) is 0 Å². The van der Waals surface area contributed by atoms with Gasteiger partial charge in [-0.05, 0) is 51.1 Å². The number of ether oxygens (including phenoxy) is 1. The molecule has 18 heavy (non-hydrogen) atoms. The Bertz CT molecular complexity index is 364. The van der Waals surface area contributed by atoms with Crippen molar-refractivity contribution in [2.45, 2.75) is 33.4 Å². The lowest BCUT2D eigenvalue weighted by Gasteiger charge is -2.29. The minimum atomic E-state index is 0.481. The van der Waals surface area contributed by atoms with Crippen LogP contribution in [0.3, 0.4) is 0 Å². The molecule has 1 aromatic rings. The molecular formula is C15H26N2O. The molecule has 0 spiro atoms. The Morgan fingerprint density at radius 1 is 1.33 bits per heavy atom. The lowest BCUT2D eigenvalue weighted by Crippen LogP contribution is -2.33. The average molecular weight is 250 g/mol. The van der Waals surface area contributed by atoms with Gasteiger partial charge in [-0.1, -0.05) is 6.07 Å². The SMILES string of the molecule is CNCc1ccc(N(CCOC)C(C)C)cc1C. The van der Waals surface area contributed by atoms with E-state index < -0.39 is 0 Å². The third kappa shape index (κ3) is 4.00. The first kappa shape index (κ1) is 15.0. The van der Waals surface area contributed by atoms with Crippen molar-refractivity contribution in [1.29, 1.82) is 0 Å². The fourth-order valence-electron chi connectivity index (χ4n) is 2.12. The third-order valence-corrected chi connectivity index (χ3v) is 3.18.